The van der Waals surface area contributed by atoms with Crippen LogP contribution >= 0.6 is 0 Å². The number of carbonyl (C=O) groups is 3. The molecule has 1 aromatic heterocycles. The van der Waals surface area contributed by atoms with Crippen LogP contribution in [-0.2, 0) is 25.7 Å². The summed E-state index contributed by atoms with van der Waals surface area (Å²) in [5, 5.41) is 0. The second-order valence-corrected chi connectivity index (χ2v) is 6.36. The van der Waals surface area contributed by atoms with E-state index in [0.29, 0.717) is 12.5 Å². The SMILES string of the molecule is CCOc1cc(COC(=O)CN2C(=O)C3CCCCC3C2=O)ccn1. The molecule has 7 nitrogen and oxygen atoms in total. The number of imide groups is 1. The zero-order valence-electron chi connectivity index (χ0n) is 14.3. The van der Waals surface area contributed by atoms with Crippen molar-refractivity contribution in [3.05, 3.63) is 23.9 Å². The van der Waals surface area contributed by atoms with Gasteiger partial charge in [-0.2, -0.15) is 0 Å². The van der Waals surface area contributed by atoms with Crippen molar-refractivity contribution in [2.45, 2.75) is 39.2 Å². The normalized spacial score (nSPS) is 22.7. The smallest absolute Gasteiger partial charge is 0.326 e. The lowest BCUT2D eigenvalue weighted by Gasteiger charge is -2.19. The molecule has 0 aromatic carbocycles. The lowest BCUT2D eigenvalue weighted by molar-refractivity contribution is -0.153. The van der Waals surface area contributed by atoms with Crippen LogP contribution in [0, 0.1) is 11.8 Å². The van der Waals surface area contributed by atoms with Crippen LogP contribution in [0.2, 0.25) is 0 Å². The molecule has 0 spiro atoms. The third-order valence-corrected chi connectivity index (χ3v) is 4.71. The number of esters is 1. The Labute approximate surface area is 146 Å². The molecule has 1 aliphatic carbocycles. The molecule has 7 heteroatoms. The van der Waals surface area contributed by atoms with E-state index in [0.717, 1.165) is 36.1 Å². The van der Waals surface area contributed by atoms with Gasteiger partial charge >= 0.3 is 5.97 Å². The molecule has 1 saturated carbocycles. The molecular weight excluding hydrogens is 324 g/mol. The molecule has 2 heterocycles. The Morgan fingerprint density at radius 3 is 2.56 bits per heavy atom. The van der Waals surface area contributed by atoms with E-state index in [1.165, 1.54) is 0 Å². The monoisotopic (exact) mass is 346 g/mol. The first-order valence-electron chi connectivity index (χ1n) is 8.68. The summed E-state index contributed by atoms with van der Waals surface area (Å²) in [4.78, 5) is 41.9. The number of rotatable bonds is 6. The minimum absolute atomic E-state index is 0.0461. The Bertz CT molecular complexity index is 651. The summed E-state index contributed by atoms with van der Waals surface area (Å²) < 4.78 is 10.5. The van der Waals surface area contributed by atoms with E-state index in [9.17, 15) is 14.4 Å². The summed E-state index contributed by atoms with van der Waals surface area (Å²) in [6.45, 7) is 2.09. The topological polar surface area (TPSA) is 85.8 Å². The van der Waals surface area contributed by atoms with E-state index in [4.69, 9.17) is 9.47 Å². The molecule has 2 fully saturated rings. The Kier molecular flexibility index (Phi) is 5.31. The van der Waals surface area contributed by atoms with Crippen molar-refractivity contribution < 1.29 is 23.9 Å². The second kappa shape index (κ2) is 7.63. The predicted molar refractivity (Wildman–Crippen MR) is 87.4 cm³/mol. The number of carbonyl (C=O) groups excluding carboxylic acids is 3. The van der Waals surface area contributed by atoms with Gasteiger partial charge in [0.15, 0.2) is 0 Å². The fourth-order valence-electron chi connectivity index (χ4n) is 3.49. The van der Waals surface area contributed by atoms with Gasteiger partial charge in [0.1, 0.15) is 13.2 Å². The van der Waals surface area contributed by atoms with Crippen molar-refractivity contribution in [3.8, 4) is 5.88 Å². The standard InChI is InChI=1S/C18H22N2O5/c1-2-24-15-9-12(7-8-19-15)11-25-16(21)10-20-17(22)13-5-3-4-6-14(13)18(20)23/h7-9,13-14H,2-6,10-11H2,1H3. The van der Waals surface area contributed by atoms with Crippen molar-refractivity contribution in [1.29, 1.82) is 0 Å². The van der Waals surface area contributed by atoms with Crippen molar-refractivity contribution in [2.75, 3.05) is 13.2 Å². The minimum Gasteiger partial charge on any atom is -0.478 e. The first-order valence-corrected chi connectivity index (χ1v) is 8.68. The van der Waals surface area contributed by atoms with Crippen LogP contribution in [0.5, 0.6) is 5.88 Å². The molecule has 25 heavy (non-hydrogen) atoms. The fraction of sp³-hybridized carbons (Fsp3) is 0.556. The molecule has 134 valence electrons. The number of fused-ring (bicyclic) bond motifs is 1. The average molecular weight is 346 g/mol. The highest BCUT2D eigenvalue weighted by Crippen LogP contribution is 2.37. The maximum Gasteiger partial charge on any atom is 0.326 e. The Morgan fingerprint density at radius 1 is 1.24 bits per heavy atom. The Hall–Kier alpha value is -2.44. The number of ether oxygens (including phenoxy) is 2. The highest BCUT2D eigenvalue weighted by atomic mass is 16.5. The predicted octanol–water partition coefficient (Wildman–Crippen LogP) is 1.70. The van der Waals surface area contributed by atoms with Gasteiger partial charge in [0.2, 0.25) is 17.7 Å². The number of aromatic nitrogens is 1. The lowest BCUT2D eigenvalue weighted by Crippen LogP contribution is -2.36. The summed E-state index contributed by atoms with van der Waals surface area (Å²) in [6.07, 6.45) is 4.97. The van der Waals surface area contributed by atoms with E-state index in [-0.39, 0.29) is 36.8 Å². The zero-order chi connectivity index (χ0) is 17.8. The van der Waals surface area contributed by atoms with E-state index in [2.05, 4.69) is 4.98 Å². The van der Waals surface area contributed by atoms with Crippen LogP contribution in [0.3, 0.4) is 0 Å². The lowest BCUT2D eigenvalue weighted by atomic mass is 9.81. The third-order valence-electron chi connectivity index (χ3n) is 4.71. The number of amides is 2. The van der Waals surface area contributed by atoms with Crippen molar-refractivity contribution in [3.63, 3.8) is 0 Å². The Morgan fingerprint density at radius 2 is 1.92 bits per heavy atom. The second-order valence-electron chi connectivity index (χ2n) is 6.36. The molecule has 2 amide bonds. The molecule has 1 saturated heterocycles. The van der Waals surface area contributed by atoms with Gasteiger partial charge in [-0.3, -0.25) is 19.3 Å². The number of likely N-dealkylation sites (tertiary alicyclic amines) is 1. The highest BCUT2D eigenvalue weighted by molar-refractivity contribution is 6.07. The van der Waals surface area contributed by atoms with E-state index < -0.39 is 5.97 Å². The van der Waals surface area contributed by atoms with Crippen LogP contribution in [0.1, 0.15) is 38.2 Å². The molecule has 0 radical (unpaired) electrons. The van der Waals surface area contributed by atoms with E-state index in [1.807, 2.05) is 6.92 Å². The molecule has 0 N–H and O–H groups in total. The average Bonchev–Trinajstić information content (AvgIpc) is 2.86. The van der Waals surface area contributed by atoms with Gasteiger partial charge < -0.3 is 9.47 Å². The molecule has 2 aliphatic rings. The molecule has 2 atom stereocenters. The van der Waals surface area contributed by atoms with Crippen molar-refractivity contribution in [2.24, 2.45) is 11.8 Å². The molecule has 3 rings (SSSR count). The maximum absolute atomic E-state index is 12.3. The quantitative estimate of drug-likeness (QED) is 0.576. The first kappa shape index (κ1) is 17.4. The minimum atomic E-state index is -0.588. The van der Waals surface area contributed by atoms with Gasteiger partial charge in [0.05, 0.1) is 18.4 Å². The summed E-state index contributed by atoms with van der Waals surface area (Å²) in [5.41, 5.74) is 0.736. The van der Waals surface area contributed by atoms with Gasteiger partial charge in [-0.05, 0) is 31.4 Å². The number of hydrogen-bond acceptors (Lipinski definition) is 6. The largest absolute Gasteiger partial charge is 0.478 e. The van der Waals surface area contributed by atoms with Gasteiger partial charge in [-0.25, -0.2) is 4.98 Å². The number of hydrogen-bond donors (Lipinski definition) is 0. The van der Waals surface area contributed by atoms with Crippen molar-refractivity contribution >= 4 is 17.8 Å². The fourth-order valence-corrected chi connectivity index (χ4v) is 3.49. The number of pyridine rings is 1. The van der Waals surface area contributed by atoms with Crippen LogP contribution < -0.4 is 4.74 Å². The maximum atomic E-state index is 12.3. The van der Waals surface area contributed by atoms with Gasteiger partial charge in [-0.1, -0.05) is 12.8 Å². The zero-order valence-corrected chi connectivity index (χ0v) is 14.3. The first-order chi connectivity index (χ1) is 12.1. The van der Waals surface area contributed by atoms with Gasteiger partial charge in [0.25, 0.3) is 0 Å². The van der Waals surface area contributed by atoms with Crippen LogP contribution in [-0.4, -0.2) is 40.8 Å². The van der Waals surface area contributed by atoms with Crippen molar-refractivity contribution in [1.82, 2.24) is 9.88 Å². The molecular formula is C18H22N2O5. The Balaban J connectivity index is 1.55. The van der Waals surface area contributed by atoms with Crippen LogP contribution in [0.25, 0.3) is 0 Å². The van der Waals surface area contributed by atoms with E-state index >= 15 is 0 Å². The van der Waals surface area contributed by atoms with E-state index in [1.54, 1.807) is 18.3 Å². The van der Waals surface area contributed by atoms with Crippen LogP contribution in [0.15, 0.2) is 18.3 Å². The number of nitrogens with zero attached hydrogens (tertiary/aromatic N) is 2. The summed E-state index contributed by atoms with van der Waals surface area (Å²) in [6, 6.07) is 3.41. The van der Waals surface area contributed by atoms with Gasteiger partial charge in [0, 0.05) is 12.3 Å². The van der Waals surface area contributed by atoms with Crippen LogP contribution in [0.4, 0.5) is 0 Å². The summed E-state index contributed by atoms with van der Waals surface area (Å²) in [5.74, 6) is -1.07. The van der Waals surface area contributed by atoms with Gasteiger partial charge in [-0.15, -0.1) is 0 Å². The molecule has 0 bridgehead atoms. The molecule has 1 aliphatic heterocycles. The summed E-state index contributed by atoms with van der Waals surface area (Å²) >= 11 is 0. The third kappa shape index (κ3) is 3.81. The molecule has 1 aromatic rings. The molecule has 2 unspecified atom stereocenters. The summed E-state index contributed by atoms with van der Waals surface area (Å²) in [7, 11) is 0. The highest BCUT2D eigenvalue weighted by Gasteiger charge is 2.48.